The van der Waals surface area contributed by atoms with Gasteiger partial charge >= 0.3 is 0 Å². The molecule has 4 heterocycles. The predicted octanol–water partition coefficient (Wildman–Crippen LogP) is 4.87. The first-order chi connectivity index (χ1) is 17.9. The maximum Gasteiger partial charge on any atom is 0.228 e. The van der Waals surface area contributed by atoms with Crippen molar-refractivity contribution < 1.29 is 13.5 Å². The topological polar surface area (TPSA) is 81.9 Å². The van der Waals surface area contributed by atoms with Crippen molar-refractivity contribution in [2.45, 2.75) is 57.8 Å². The third kappa shape index (κ3) is 4.22. The quantitative estimate of drug-likeness (QED) is 0.384. The van der Waals surface area contributed by atoms with Gasteiger partial charge in [-0.1, -0.05) is 0 Å². The fraction of sp³-hybridized carbons (Fsp3) is 0.444. The lowest BCUT2D eigenvalue weighted by molar-refractivity contribution is -0.0390. The Labute approximate surface area is 212 Å². The highest BCUT2D eigenvalue weighted by molar-refractivity contribution is 5.88. The van der Waals surface area contributed by atoms with Gasteiger partial charge in [0.15, 0.2) is 5.65 Å². The SMILES string of the molecule is Cc1nc2nc(N3C[C@@H](c4cnn(C5CC5)c4)O[C@H](C4CC4)C3)nc(-c3ccc(F)cc3F)c2nc1C. The molecule has 1 saturated heterocycles. The first kappa shape index (κ1) is 22.7. The number of aryl methyl sites for hydroxylation is 2. The lowest BCUT2D eigenvalue weighted by atomic mass is 10.1. The van der Waals surface area contributed by atoms with E-state index in [0.717, 1.165) is 43.0 Å². The van der Waals surface area contributed by atoms with Crippen molar-refractivity contribution in [3.8, 4) is 11.3 Å². The van der Waals surface area contributed by atoms with Crippen LogP contribution in [-0.4, -0.2) is 48.9 Å². The Morgan fingerprint density at radius 3 is 2.51 bits per heavy atom. The zero-order chi connectivity index (χ0) is 25.3. The summed E-state index contributed by atoms with van der Waals surface area (Å²) in [6.45, 7) is 4.88. The standard InChI is InChI=1S/C27H27F2N7O/c1-14-15(2)32-26-25(31-14)24(20-8-5-18(28)9-21(20)29)33-27(34-26)35-12-22(16-3-4-16)37-23(13-35)17-10-30-36(11-17)19-6-7-19/h5,8-11,16,19,22-23H,3-4,6-7,12-13H2,1-2H3/t22-,23-/m0/s1. The van der Waals surface area contributed by atoms with Gasteiger partial charge in [0.25, 0.3) is 0 Å². The normalized spacial score (nSPS) is 22.1. The number of hydrogen-bond acceptors (Lipinski definition) is 7. The van der Waals surface area contributed by atoms with Crippen molar-refractivity contribution in [1.29, 1.82) is 0 Å². The number of benzene rings is 1. The monoisotopic (exact) mass is 503 g/mol. The first-order valence-corrected chi connectivity index (χ1v) is 12.9. The Bertz CT molecular complexity index is 1510. The van der Waals surface area contributed by atoms with Gasteiger partial charge < -0.3 is 9.64 Å². The van der Waals surface area contributed by atoms with Gasteiger partial charge in [-0.15, -0.1) is 0 Å². The molecule has 4 aromatic rings. The van der Waals surface area contributed by atoms with E-state index in [1.54, 1.807) is 0 Å². The number of halogens is 2. The molecule has 1 aliphatic heterocycles. The van der Waals surface area contributed by atoms with Crippen molar-refractivity contribution in [2.24, 2.45) is 5.92 Å². The highest BCUT2D eigenvalue weighted by Gasteiger charge is 2.40. The molecule has 37 heavy (non-hydrogen) atoms. The molecule has 0 bridgehead atoms. The minimum atomic E-state index is -0.700. The maximum atomic E-state index is 15.0. The van der Waals surface area contributed by atoms with Crippen LogP contribution in [0.4, 0.5) is 14.7 Å². The van der Waals surface area contributed by atoms with Crippen molar-refractivity contribution in [3.05, 3.63) is 59.2 Å². The van der Waals surface area contributed by atoms with Crippen LogP contribution >= 0.6 is 0 Å². The van der Waals surface area contributed by atoms with Crippen LogP contribution in [0, 0.1) is 31.4 Å². The van der Waals surface area contributed by atoms with Crippen molar-refractivity contribution in [3.63, 3.8) is 0 Å². The molecule has 2 aliphatic carbocycles. The molecule has 2 saturated carbocycles. The summed E-state index contributed by atoms with van der Waals surface area (Å²) in [5.74, 6) is -0.401. The Kier molecular flexibility index (Phi) is 5.21. The number of fused-ring (bicyclic) bond motifs is 1. The fourth-order valence-corrected chi connectivity index (χ4v) is 5.03. The summed E-state index contributed by atoms with van der Waals surface area (Å²) >= 11 is 0. The van der Waals surface area contributed by atoms with Gasteiger partial charge in [0, 0.05) is 29.9 Å². The van der Waals surface area contributed by atoms with Crippen LogP contribution in [0.3, 0.4) is 0 Å². The van der Waals surface area contributed by atoms with Crippen molar-refractivity contribution in [1.82, 2.24) is 29.7 Å². The van der Waals surface area contributed by atoms with Gasteiger partial charge in [-0.05, 0) is 57.6 Å². The Hall–Kier alpha value is -3.53. The molecule has 3 aromatic heterocycles. The van der Waals surface area contributed by atoms with Crippen molar-refractivity contribution in [2.75, 3.05) is 18.0 Å². The summed E-state index contributed by atoms with van der Waals surface area (Å²) in [5, 5.41) is 4.56. The zero-order valence-corrected chi connectivity index (χ0v) is 20.7. The predicted molar refractivity (Wildman–Crippen MR) is 133 cm³/mol. The summed E-state index contributed by atoms with van der Waals surface area (Å²) in [7, 11) is 0. The summed E-state index contributed by atoms with van der Waals surface area (Å²) in [6, 6.07) is 3.98. The number of hydrogen-bond donors (Lipinski definition) is 0. The van der Waals surface area contributed by atoms with Gasteiger partial charge in [-0.3, -0.25) is 4.68 Å². The Balaban J connectivity index is 1.32. The number of aromatic nitrogens is 6. The van der Waals surface area contributed by atoms with E-state index in [-0.39, 0.29) is 17.8 Å². The molecule has 1 aromatic carbocycles. The molecule has 0 radical (unpaired) electrons. The van der Waals surface area contributed by atoms with E-state index in [1.807, 2.05) is 24.7 Å². The van der Waals surface area contributed by atoms with E-state index in [4.69, 9.17) is 14.7 Å². The third-order valence-corrected chi connectivity index (χ3v) is 7.59. The molecule has 0 spiro atoms. The highest BCUT2D eigenvalue weighted by atomic mass is 19.1. The molecular weight excluding hydrogens is 476 g/mol. The molecule has 3 aliphatic rings. The molecule has 8 nitrogen and oxygen atoms in total. The number of anilines is 1. The van der Waals surface area contributed by atoms with Gasteiger partial charge in [0.05, 0.1) is 36.3 Å². The van der Waals surface area contributed by atoms with Crippen LogP contribution in [0.15, 0.2) is 30.6 Å². The number of morpholine rings is 1. The van der Waals surface area contributed by atoms with Gasteiger partial charge in [-0.2, -0.15) is 10.1 Å². The molecule has 0 N–H and O–H groups in total. The zero-order valence-electron chi connectivity index (χ0n) is 20.7. The number of rotatable bonds is 5. The Morgan fingerprint density at radius 1 is 0.946 bits per heavy atom. The number of ether oxygens (including phenoxy) is 1. The Morgan fingerprint density at radius 2 is 1.76 bits per heavy atom. The van der Waals surface area contributed by atoms with Crippen LogP contribution in [0.2, 0.25) is 0 Å². The van der Waals surface area contributed by atoms with Crippen LogP contribution in [0.25, 0.3) is 22.4 Å². The van der Waals surface area contributed by atoms with Gasteiger partial charge in [0.1, 0.15) is 28.9 Å². The largest absolute Gasteiger partial charge is 0.366 e. The molecule has 190 valence electrons. The second-order valence-corrected chi connectivity index (χ2v) is 10.5. The minimum Gasteiger partial charge on any atom is -0.366 e. The van der Waals surface area contributed by atoms with E-state index >= 15 is 0 Å². The van der Waals surface area contributed by atoms with Crippen LogP contribution in [0.5, 0.6) is 0 Å². The van der Waals surface area contributed by atoms with E-state index in [1.165, 1.54) is 12.1 Å². The molecule has 0 unspecified atom stereocenters. The second kappa shape index (κ2) is 8.51. The fourth-order valence-electron chi connectivity index (χ4n) is 5.03. The van der Waals surface area contributed by atoms with Gasteiger partial charge in [0.2, 0.25) is 5.95 Å². The smallest absolute Gasteiger partial charge is 0.228 e. The molecule has 2 atom stereocenters. The second-order valence-electron chi connectivity index (χ2n) is 10.5. The first-order valence-electron chi connectivity index (χ1n) is 12.9. The summed E-state index contributed by atoms with van der Waals surface area (Å²) < 4.78 is 37.3. The van der Waals surface area contributed by atoms with Crippen LogP contribution < -0.4 is 4.90 Å². The van der Waals surface area contributed by atoms with E-state index in [2.05, 4.69) is 26.2 Å². The van der Waals surface area contributed by atoms with Crippen LogP contribution in [0.1, 0.15) is 54.8 Å². The summed E-state index contributed by atoms with van der Waals surface area (Å²) in [5.41, 5.74) is 3.75. The maximum absolute atomic E-state index is 15.0. The molecule has 10 heteroatoms. The summed E-state index contributed by atoms with van der Waals surface area (Å²) in [4.78, 5) is 21.0. The minimum absolute atomic E-state index is 0.0409. The van der Waals surface area contributed by atoms with E-state index in [9.17, 15) is 8.78 Å². The van der Waals surface area contributed by atoms with Crippen LogP contribution in [-0.2, 0) is 4.74 Å². The number of nitrogens with zero attached hydrogens (tertiary/aromatic N) is 7. The highest BCUT2D eigenvalue weighted by Crippen LogP contribution is 2.41. The van der Waals surface area contributed by atoms with Gasteiger partial charge in [-0.25, -0.2) is 23.7 Å². The average Bonchev–Trinajstić information content (AvgIpc) is 3.83. The molecule has 3 fully saturated rings. The van der Waals surface area contributed by atoms with E-state index in [0.29, 0.717) is 53.5 Å². The third-order valence-electron chi connectivity index (χ3n) is 7.59. The lowest BCUT2D eigenvalue weighted by Crippen LogP contribution is -2.45. The summed E-state index contributed by atoms with van der Waals surface area (Å²) in [6.07, 6.45) is 8.46. The van der Waals surface area contributed by atoms with E-state index < -0.39 is 11.6 Å². The molecule has 7 rings (SSSR count). The molecular formula is C27H27F2N7O. The van der Waals surface area contributed by atoms with Crippen molar-refractivity contribution >= 4 is 17.1 Å². The average molecular weight is 504 g/mol. The lowest BCUT2D eigenvalue weighted by Gasteiger charge is -2.38. The molecule has 0 amide bonds.